The number of rotatable bonds is 22. The third-order valence-electron chi connectivity index (χ3n) is 19.4. The number of likely N-dealkylation sites (tertiary alicyclic amines) is 2. The highest BCUT2D eigenvalue weighted by Crippen LogP contribution is 2.50. The van der Waals surface area contributed by atoms with E-state index in [1.807, 2.05) is 99.9 Å². The maximum Gasteiger partial charge on any atom is 0.336 e. The van der Waals surface area contributed by atoms with Crippen molar-refractivity contribution in [3.8, 4) is 0 Å². The number of amides is 4. The van der Waals surface area contributed by atoms with Gasteiger partial charge in [0.05, 0.1) is 58.9 Å². The Bertz CT molecular complexity index is 4900. The Morgan fingerprint density at radius 3 is 1.17 bits per heavy atom. The molecule has 4 amide bonds. The van der Waals surface area contributed by atoms with Crippen LogP contribution in [0, 0.1) is 0 Å². The lowest BCUT2D eigenvalue weighted by Gasteiger charge is -2.30. The monoisotopic (exact) mass is 2140 g/mol. The third kappa shape index (κ3) is 38.5. The van der Waals surface area contributed by atoms with Crippen LogP contribution in [0.1, 0.15) is 156 Å². The Morgan fingerprint density at radius 1 is 0.378 bits per heavy atom. The number of aromatic nitrogens is 3. The summed E-state index contributed by atoms with van der Waals surface area (Å²) in [6.07, 6.45) is 22.5. The van der Waals surface area contributed by atoms with Gasteiger partial charge in [0.1, 0.15) is 0 Å². The van der Waals surface area contributed by atoms with E-state index in [1.54, 1.807) is 138 Å². The Balaban J connectivity index is 0.000000144. The van der Waals surface area contributed by atoms with Gasteiger partial charge in [0.15, 0.2) is 18.8 Å². The molecule has 7 aromatic carbocycles. The van der Waals surface area contributed by atoms with E-state index in [1.165, 1.54) is 192 Å². The van der Waals surface area contributed by atoms with Gasteiger partial charge in [0.2, 0.25) is 11.8 Å². The minimum atomic E-state index is -0.950. The zero-order valence-corrected chi connectivity index (χ0v) is 88.8. The summed E-state index contributed by atoms with van der Waals surface area (Å²) in [5.74, 6) is -0.520. The molecule has 18 nitrogen and oxygen atoms in total. The summed E-state index contributed by atoms with van der Waals surface area (Å²) in [5.41, 5.74) is 4.19. The van der Waals surface area contributed by atoms with Gasteiger partial charge in [-0.05, 0) is 307 Å². The molecule has 0 atom stereocenters. The van der Waals surface area contributed by atoms with Crippen LogP contribution in [0.3, 0.4) is 0 Å². The summed E-state index contributed by atoms with van der Waals surface area (Å²) in [6.45, 7) is 15.3. The van der Waals surface area contributed by atoms with Crippen LogP contribution in [0.15, 0.2) is 215 Å². The average Bonchev–Trinajstić information content (AvgIpc) is 1.82. The van der Waals surface area contributed by atoms with E-state index < -0.39 is 15.4 Å². The van der Waals surface area contributed by atoms with Crippen LogP contribution in [0.4, 0.5) is 9.59 Å². The number of ketones is 1. The highest BCUT2D eigenvalue weighted by molar-refractivity contribution is 9.26. The van der Waals surface area contributed by atoms with Gasteiger partial charge in [-0.15, -0.1) is 34.0 Å². The Labute approximate surface area is 832 Å². The number of carboxylic acids is 1. The molecule has 0 aliphatic carbocycles. The standard InChI is InChI=1S/C15H12O3S2.C14H8N2S4.C12H20N2O2S6.C12H20N2O2S2.C12H14N2S3.C12H10S4.C9H18N2OS2/c1-10(16)11-6-2-4-8-13(11)19-20-14-9-5-3-7-12(14)15(17)18;1-3-7-11-9(5-1)15-13(17-11)19-20-14-16-10-6-2-4-8-12(10)18-14;15-11(13-7-3-1-4-8-13)22(21-20-19-18-17)12(16)14-9-5-2-6-10-14;15-11-7-3-1-5-9-13(11)17-18-14-10-6-2-4-8-12(14)16;1-4-8-14(9-5-1)17-16-12-13-10-6-2-3-7-11(10)15-12;1-3-7-11(8-4-1)13-15-16-14-12-9-5-2-6-10-12;1-2-4-10(5-3-1)13-14-11-6-8-12-9-7-11/h2-9H,1H3,(H,17,18);1-8H;1-10H2;1-10H2;2-3,6-7H,1,4-5,8-9H2;1-10H;1-9H2. The number of aromatic carboxylic acids is 1. The van der Waals surface area contributed by atoms with Crippen LogP contribution in [0.5, 0.6) is 0 Å². The van der Waals surface area contributed by atoms with Crippen molar-refractivity contribution in [3.63, 3.8) is 0 Å². The molecular formula is C86H102N10O8S23. The van der Waals surface area contributed by atoms with Crippen molar-refractivity contribution in [2.24, 2.45) is 0 Å². The second-order valence-electron chi connectivity index (χ2n) is 28.7. The van der Waals surface area contributed by atoms with Gasteiger partial charge in [-0.2, -0.15) is 0 Å². The first-order valence-corrected chi connectivity index (χ1v) is 67.1. The summed E-state index contributed by atoms with van der Waals surface area (Å²) in [6, 6.07) is 59.8. The summed E-state index contributed by atoms with van der Waals surface area (Å²) in [5, 5.41) is 9.16. The lowest BCUT2D eigenvalue weighted by Crippen LogP contribution is -2.43. The zero-order chi connectivity index (χ0) is 88.7. The largest absolute Gasteiger partial charge is 0.478 e. The molecule has 127 heavy (non-hydrogen) atoms. The van der Waals surface area contributed by atoms with Crippen LogP contribution >= 0.6 is 184 Å². The number of piperidine rings is 4. The number of morpholine rings is 1. The van der Waals surface area contributed by atoms with Crippen molar-refractivity contribution < 1.29 is 38.6 Å². The molecule has 0 radical (unpaired) electrons. The topological polar surface area (TPSA) is 193 Å². The molecule has 10 heterocycles. The minimum absolute atomic E-state index is 0.000203. The maximum absolute atomic E-state index is 12.8. The normalized spacial score (nSPS) is 16.5. The number of carbonyl (C=O) groups excluding carboxylic acids is 5. The van der Waals surface area contributed by atoms with Crippen molar-refractivity contribution in [3.05, 3.63) is 193 Å². The second-order valence-corrected chi connectivity index (χ2v) is 58.5. The molecule has 0 bridgehead atoms. The molecule has 0 saturated carbocycles. The first kappa shape index (κ1) is 105. The molecule has 10 aromatic rings. The molecule has 3 aromatic heterocycles. The number of benzene rings is 7. The van der Waals surface area contributed by atoms with Crippen LogP contribution < -0.4 is 0 Å². The Hall–Kier alpha value is -2.58. The van der Waals surface area contributed by atoms with E-state index in [-0.39, 0.29) is 33.6 Å². The molecule has 7 aliphatic rings. The highest BCUT2D eigenvalue weighted by atomic mass is 33.7. The van der Waals surface area contributed by atoms with E-state index in [2.05, 4.69) is 131 Å². The molecule has 0 spiro atoms. The predicted molar refractivity (Wildman–Crippen MR) is 575 cm³/mol. The zero-order valence-electron chi connectivity index (χ0n) is 70.0. The third-order valence-corrected chi connectivity index (χ3v) is 52.5. The highest BCUT2D eigenvalue weighted by Gasteiger charge is 2.30. The maximum atomic E-state index is 12.8. The molecule has 1 N–H and O–H groups in total. The number of carbonyl (C=O) groups is 6. The second kappa shape index (κ2) is 61.5. The molecule has 41 heteroatoms. The average molecular weight is 2140 g/mol. The molecule has 7 aliphatic heterocycles. The molecule has 0 unspecified atom stereocenters. The van der Waals surface area contributed by atoms with Gasteiger partial charge in [-0.1, -0.05) is 150 Å². The lowest BCUT2D eigenvalue weighted by atomic mass is 10.1. The number of hydrogen-bond acceptors (Lipinski definition) is 31. The Morgan fingerprint density at radius 2 is 0.740 bits per heavy atom. The number of fused-ring (bicyclic) bond motifs is 3. The molecule has 7 fully saturated rings. The number of ether oxygens (including phenoxy) is 1. The van der Waals surface area contributed by atoms with Crippen molar-refractivity contribution in [1.29, 1.82) is 0 Å². The van der Waals surface area contributed by atoms with Crippen LogP contribution in [-0.2, 0) is 70.5 Å². The fourth-order valence-corrected chi connectivity index (χ4v) is 44.2. The van der Waals surface area contributed by atoms with Gasteiger partial charge >= 0.3 is 5.97 Å². The minimum Gasteiger partial charge on any atom is -0.478 e. The van der Waals surface area contributed by atoms with E-state index in [0.717, 1.165) is 160 Å². The number of Topliss-reactive ketones (excluding diaryl/α,β-unsaturated/α-hetero) is 1. The van der Waals surface area contributed by atoms with Crippen LogP contribution in [0.25, 0.3) is 30.6 Å². The van der Waals surface area contributed by atoms with Gasteiger partial charge in [-0.3, -0.25) is 32.6 Å². The summed E-state index contributed by atoms with van der Waals surface area (Å²) in [4.78, 5) is 93.6. The van der Waals surface area contributed by atoms with E-state index in [9.17, 15) is 28.8 Å². The van der Waals surface area contributed by atoms with Gasteiger partial charge in [-0.25, -0.2) is 32.7 Å². The Kier molecular flexibility index (Phi) is 50.8. The fourth-order valence-electron chi connectivity index (χ4n) is 12.8. The summed E-state index contributed by atoms with van der Waals surface area (Å²) >= 11 is 10.1. The number of nitrogens with zero attached hydrogens (tertiary/aromatic N) is 10. The van der Waals surface area contributed by atoms with Gasteiger partial charge in [0, 0.05) is 160 Å². The molecule has 7 saturated heterocycles. The van der Waals surface area contributed by atoms with Gasteiger partial charge < -0.3 is 19.6 Å². The quantitative estimate of drug-likeness (QED) is 0.0291. The van der Waals surface area contributed by atoms with E-state index >= 15 is 0 Å². The van der Waals surface area contributed by atoms with Crippen molar-refractivity contribution in [2.75, 3.05) is 91.8 Å². The first-order chi connectivity index (χ1) is 62.3. The SMILES string of the molecule is C1CCN(SSN2CCOCC2)CC1.CC(=O)c1ccccc1SSc1ccccc1C(=O)O.O=C(N1CCCCC1)S(=S=S=S=S=S)C(=O)N1CCCCC1.O=C1CCCCCN1SSN1CCCCCC1=O.c1ccc(SSSSc2ccccc2)cc1.c1ccc2sc(SSN3CCCCC3)nc2c1.c1ccc2sc(SSc3nc4ccccc4s3)nc2c1. The van der Waals surface area contributed by atoms with Gasteiger partial charge in [0.25, 0.3) is 10.5 Å². The first-order valence-electron chi connectivity index (χ1n) is 41.9. The number of thiazole rings is 3. The number of carboxylic acid groups (broad SMARTS) is 1. The number of para-hydroxylation sites is 3. The van der Waals surface area contributed by atoms with Crippen molar-refractivity contribution >= 4 is 305 Å². The predicted octanol–water partition coefficient (Wildman–Crippen LogP) is 27.6. The fraction of sp³-hybridized carbons (Fsp3) is 0.407. The molecular weight excluding hydrogens is 2040 g/mol. The lowest BCUT2D eigenvalue weighted by molar-refractivity contribution is -0.126. The van der Waals surface area contributed by atoms with Crippen molar-refractivity contribution in [1.82, 2.24) is 46.3 Å². The number of hydrogen-bond donors (Lipinski definition) is 1. The smallest absolute Gasteiger partial charge is 0.336 e. The van der Waals surface area contributed by atoms with E-state index in [0.29, 0.717) is 23.3 Å². The summed E-state index contributed by atoms with van der Waals surface area (Å²) < 4.78 is 23.4. The summed E-state index contributed by atoms with van der Waals surface area (Å²) in [7, 11) is 28.3. The van der Waals surface area contributed by atoms with Crippen LogP contribution in [-0.4, -0.2) is 177 Å². The molecule has 682 valence electrons. The van der Waals surface area contributed by atoms with Crippen molar-refractivity contribution in [2.45, 2.75) is 168 Å². The van der Waals surface area contributed by atoms with E-state index in [4.69, 9.17) is 21.0 Å². The van der Waals surface area contributed by atoms with Crippen LogP contribution in [0.2, 0.25) is 0 Å². The molecule has 17 rings (SSSR count).